The highest BCUT2D eigenvalue weighted by molar-refractivity contribution is 5.94. The summed E-state index contributed by atoms with van der Waals surface area (Å²) < 4.78 is 1.58. The summed E-state index contributed by atoms with van der Waals surface area (Å²) in [6.45, 7) is 3.18. The minimum absolute atomic E-state index is 0.0615. The van der Waals surface area contributed by atoms with Crippen LogP contribution >= 0.6 is 0 Å². The topological polar surface area (TPSA) is 97.1 Å². The van der Waals surface area contributed by atoms with Gasteiger partial charge in [-0.1, -0.05) is 5.21 Å². The van der Waals surface area contributed by atoms with E-state index in [2.05, 4.69) is 15.6 Å². The second-order valence-electron chi connectivity index (χ2n) is 5.27. The Balaban J connectivity index is 2.02. The summed E-state index contributed by atoms with van der Waals surface area (Å²) in [5, 5.41) is 19.2. The van der Waals surface area contributed by atoms with Crippen LogP contribution in [0.25, 0.3) is 5.69 Å². The largest absolute Gasteiger partial charge is 0.481 e. The first-order valence-corrected chi connectivity index (χ1v) is 6.38. The number of carbonyl (C=O) groups is 2. The maximum Gasteiger partial charge on any atom is 0.310 e. The fraction of sp³-hybridized carbons (Fsp3) is 0.286. The van der Waals surface area contributed by atoms with Crippen molar-refractivity contribution in [3.8, 4) is 5.69 Å². The highest BCUT2D eigenvalue weighted by atomic mass is 16.4. The number of rotatable bonds is 5. The number of aromatic nitrogens is 3. The van der Waals surface area contributed by atoms with E-state index >= 15 is 0 Å². The molecule has 1 amide bonds. The highest BCUT2D eigenvalue weighted by Crippen LogP contribution is 2.14. The van der Waals surface area contributed by atoms with Gasteiger partial charge in [-0.25, -0.2) is 4.68 Å². The molecule has 0 atom stereocenters. The molecule has 0 fully saturated rings. The van der Waals surface area contributed by atoms with Crippen molar-refractivity contribution in [1.29, 1.82) is 0 Å². The lowest BCUT2D eigenvalue weighted by Crippen LogP contribution is -2.38. The molecule has 1 aromatic carbocycles. The summed E-state index contributed by atoms with van der Waals surface area (Å²) in [5.41, 5.74) is 0.242. The molecule has 7 nitrogen and oxygen atoms in total. The number of aliphatic carboxylic acids is 1. The predicted molar refractivity (Wildman–Crippen MR) is 75.1 cm³/mol. The highest BCUT2D eigenvalue weighted by Gasteiger charge is 2.27. The Hall–Kier alpha value is -2.70. The molecule has 0 saturated heterocycles. The molecule has 0 spiro atoms. The van der Waals surface area contributed by atoms with Crippen LogP contribution in [-0.4, -0.2) is 38.5 Å². The predicted octanol–water partition coefficient (Wildman–Crippen LogP) is 1.11. The van der Waals surface area contributed by atoms with Crippen LogP contribution in [0.5, 0.6) is 0 Å². The van der Waals surface area contributed by atoms with Crippen molar-refractivity contribution in [3.05, 3.63) is 42.2 Å². The first kappa shape index (κ1) is 14.7. The van der Waals surface area contributed by atoms with Crippen molar-refractivity contribution in [2.75, 3.05) is 6.54 Å². The quantitative estimate of drug-likeness (QED) is 0.859. The third-order valence-electron chi connectivity index (χ3n) is 3.09. The lowest BCUT2D eigenvalue weighted by atomic mass is 9.94. The van der Waals surface area contributed by atoms with Gasteiger partial charge in [-0.15, -0.1) is 5.10 Å². The fourth-order valence-corrected chi connectivity index (χ4v) is 1.59. The third kappa shape index (κ3) is 3.44. The van der Waals surface area contributed by atoms with Crippen molar-refractivity contribution in [3.63, 3.8) is 0 Å². The Morgan fingerprint density at radius 2 is 1.95 bits per heavy atom. The molecule has 0 aliphatic rings. The first-order chi connectivity index (χ1) is 9.90. The van der Waals surface area contributed by atoms with E-state index in [-0.39, 0.29) is 12.5 Å². The average Bonchev–Trinajstić information content (AvgIpc) is 2.99. The van der Waals surface area contributed by atoms with E-state index in [1.165, 1.54) is 0 Å². The lowest BCUT2D eigenvalue weighted by molar-refractivity contribution is -0.146. The van der Waals surface area contributed by atoms with E-state index in [1.54, 1.807) is 55.2 Å². The van der Waals surface area contributed by atoms with Gasteiger partial charge < -0.3 is 10.4 Å². The van der Waals surface area contributed by atoms with Crippen LogP contribution in [0.4, 0.5) is 0 Å². The maximum atomic E-state index is 12.0. The van der Waals surface area contributed by atoms with Gasteiger partial charge in [0.2, 0.25) is 0 Å². The Morgan fingerprint density at radius 3 is 2.48 bits per heavy atom. The van der Waals surface area contributed by atoms with Crippen molar-refractivity contribution >= 4 is 11.9 Å². The SMILES string of the molecule is CC(C)(CNC(=O)c1ccc(-n2ccnn2)cc1)C(=O)O. The monoisotopic (exact) mass is 288 g/mol. The van der Waals surface area contributed by atoms with Crippen LogP contribution in [0.15, 0.2) is 36.7 Å². The molecule has 2 rings (SSSR count). The summed E-state index contributed by atoms with van der Waals surface area (Å²) in [7, 11) is 0. The van der Waals surface area contributed by atoms with Crippen LogP contribution in [-0.2, 0) is 4.79 Å². The molecule has 2 aromatic rings. The number of hydrogen-bond donors (Lipinski definition) is 2. The number of carboxylic acids is 1. The summed E-state index contributed by atoms with van der Waals surface area (Å²) in [5.74, 6) is -1.27. The molecule has 0 aliphatic heterocycles. The maximum absolute atomic E-state index is 12.0. The van der Waals surface area contributed by atoms with E-state index in [1.807, 2.05) is 0 Å². The minimum atomic E-state index is -1.00. The van der Waals surface area contributed by atoms with E-state index in [0.29, 0.717) is 5.56 Å². The minimum Gasteiger partial charge on any atom is -0.481 e. The van der Waals surface area contributed by atoms with E-state index < -0.39 is 11.4 Å². The molecule has 0 saturated carbocycles. The Labute approximate surface area is 121 Å². The summed E-state index contributed by atoms with van der Waals surface area (Å²) in [6.07, 6.45) is 3.26. The number of carboxylic acid groups (broad SMARTS) is 1. The van der Waals surface area contributed by atoms with Crippen molar-refractivity contribution < 1.29 is 14.7 Å². The van der Waals surface area contributed by atoms with Gasteiger partial charge in [0.05, 0.1) is 23.5 Å². The standard InChI is InChI=1S/C14H16N4O3/c1-14(2,13(20)21)9-15-12(19)10-3-5-11(6-4-10)18-8-7-16-17-18/h3-8H,9H2,1-2H3,(H,15,19)(H,20,21). The Bertz CT molecular complexity index is 633. The molecule has 1 heterocycles. The number of benzene rings is 1. The van der Waals surface area contributed by atoms with Gasteiger partial charge in [0.1, 0.15) is 0 Å². The zero-order valence-electron chi connectivity index (χ0n) is 11.8. The molecule has 2 N–H and O–H groups in total. The second-order valence-corrected chi connectivity index (χ2v) is 5.27. The molecule has 1 aromatic heterocycles. The number of amides is 1. The van der Waals surface area contributed by atoms with Crippen LogP contribution in [0.1, 0.15) is 24.2 Å². The molecule has 0 bridgehead atoms. The number of nitrogens with one attached hydrogen (secondary N) is 1. The van der Waals surface area contributed by atoms with E-state index in [0.717, 1.165) is 5.69 Å². The van der Waals surface area contributed by atoms with Crippen molar-refractivity contribution in [2.24, 2.45) is 5.41 Å². The zero-order valence-corrected chi connectivity index (χ0v) is 11.8. The Morgan fingerprint density at radius 1 is 1.29 bits per heavy atom. The lowest BCUT2D eigenvalue weighted by Gasteiger charge is -2.19. The van der Waals surface area contributed by atoms with Gasteiger partial charge in [-0.3, -0.25) is 9.59 Å². The number of carbonyl (C=O) groups excluding carboxylic acids is 1. The molecule has 21 heavy (non-hydrogen) atoms. The van der Waals surface area contributed by atoms with Crippen LogP contribution in [0, 0.1) is 5.41 Å². The van der Waals surface area contributed by atoms with Crippen LogP contribution < -0.4 is 5.32 Å². The van der Waals surface area contributed by atoms with E-state index in [9.17, 15) is 9.59 Å². The zero-order chi connectivity index (χ0) is 15.5. The molecular weight excluding hydrogens is 272 g/mol. The molecule has 7 heteroatoms. The Kier molecular flexibility index (Phi) is 4.02. The van der Waals surface area contributed by atoms with Crippen molar-refractivity contribution in [2.45, 2.75) is 13.8 Å². The molecule has 0 unspecified atom stereocenters. The van der Waals surface area contributed by atoms with Crippen molar-refractivity contribution in [1.82, 2.24) is 20.3 Å². The molecular formula is C14H16N4O3. The van der Waals surface area contributed by atoms with Crippen LogP contribution in [0.2, 0.25) is 0 Å². The van der Waals surface area contributed by atoms with Crippen LogP contribution in [0.3, 0.4) is 0 Å². The van der Waals surface area contributed by atoms with Gasteiger partial charge in [0, 0.05) is 12.1 Å². The normalized spacial score (nSPS) is 11.1. The first-order valence-electron chi connectivity index (χ1n) is 6.38. The van der Waals surface area contributed by atoms with Gasteiger partial charge in [-0.05, 0) is 38.1 Å². The molecule has 0 radical (unpaired) electrons. The summed E-state index contributed by atoms with van der Waals surface area (Å²) >= 11 is 0. The van der Waals surface area contributed by atoms with Gasteiger partial charge in [-0.2, -0.15) is 0 Å². The summed E-state index contributed by atoms with van der Waals surface area (Å²) in [6, 6.07) is 6.79. The van der Waals surface area contributed by atoms with Gasteiger partial charge >= 0.3 is 5.97 Å². The number of nitrogens with zero attached hydrogens (tertiary/aromatic N) is 3. The average molecular weight is 288 g/mol. The smallest absolute Gasteiger partial charge is 0.310 e. The second kappa shape index (κ2) is 5.74. The molecule has 110 valence electrons. The third-order valence-corrected chi connectivity index (χ3v) is 3.09. The number of hydrogen-bond acceptors (Lipinski definition) is 4. The fourth-order valence-electron chi connectivity index (χ4n) is 1.59. The summed E-state index contributed by atoms with van der Waals surface area (Å²) in [4.78, 5) is 23.0. The molecule has 0 aliphatic carbocycles. The van der Waals surface area contributed by atoms with Gasteiger partial charge in [0.15, 0.2) is 0 Å². The van der Waals surface area contributed by atoms with Gasteiger partial charge in [0.25, 0.3) is 5.91 Å². The van der Waals surface area contributed by atoms with E-state index in [4.69, 9.17) is 5.11 Å².